The van der Waals surface area contributed by atoms with Crippen molar-refractivity contribution in [1.29, 1.82) is 0 Å². The highest BCUT2D eigenvalue weighted by molar-refractivity contribution is 9.10. The standard InChI is InChI=1S/C16H16BrN5O2/c1-7-4-5-9(24-3)8(2)13(7)22-14(18)11(15(19)23)12-16(22)20-6-10(17)21-12/h4-6H,18H2,1-3H3,(H2,19,23). The number of nitrogens with zero attached hydrogens (tertiary/aromatic N) is 3. The van der Waals surface area contributed by atoms with E-state index in [1.165, 1.54) is 0 Å². The number of fused-ring (bicyclic) bond motifs is 1. The minimum atomic E-state index is -0.651. The molecule has 1 aromatic carbocycles. The van der Waals surface area contributed by atoms with E-state index in [1.54, 1.807) is 17.9 Å². The lowest BCUT2D eigenvalue weighted by molar-refractivity contribution is 0.100. The van der Waals surface area contributed by atoms with Crippen LogP contribution in [0.25, 0.3) is 16.9 Å². The number of carbonyl (C=O) groups excluding carboxylic acids is 1. The van der Waals surface area contributed by atoms with Crippen LogP contribution in [0.2, 0.25) is 0 Å². The maximum Gasteiger partial charge on any atom is 0.254 e. The van der Waals surface area contributed by atoms with Crippen molar-refractivity contribution in [2.24, 2.45) is 5.73 Å². The summed E-state index contributed by atoms with van der Waals surface area (Å²) in [6.07, 6.45) is 1.55. The van der Waals surface area contributed by atoms with Crippen molar-refractivity contribution in [2.75, 3.05) is 12.8 Å². The van der Waals surface area contributed by atoms with E-state index in [4.69, 9.17) is 16.2 Å². The van der Waals surface area contributed by atoms with E-state index in [2.05, 4.69) is 25.9 Å². The average molecular weight is 390 g/mol. The number of primary amides is 1. The number of methoxy groups -OCH3 is 1. The van der Waals surface area contributed by atoms with Crippen LogP contribution in [0.15, 0.2) is 22.9 Å². The number of benzene rings is 1. The van der Waals surface area contributed by atoms with Crippen LogP contribution in [0.4, 0.5) is 5.82 Å². The molecule has 0 saturated heterocycles. The van der Waals surface area contributed by atoms with Crippen LogP contribution in [0, 0.1) is 13.8 Å². The van der Waals surface area contributed by atoms with Crippen molar-refractivity contribution in [1.82, 2.24) is 14.5 Å². The molecule has 0 spiro atoms. The fourth-order valence-electron chi connectivity index (χ4n) is 2.89. The van der Waals surface area contributed by atoms with Crippen LogP contribution in [0.5, 0.6) is 5.75 Å². The van der Waals surface area contributed by atoms with Gasteiger partial charge in [0.1, 0.15) is 27.3 Å². The van der Waals surface area contributed by atoms with Crippen molar-refractivity contribution in [2.45, 2.75) is 13.8 Å². The molecule has 0 aliphatic carbocycles. The molecular weight excluding hydrogens is 374 g/mol. The number of hydrogen-bond acceptors (Lipinski definition) is 5. The summed E-state index contributed by atoms with van der Waals surface area (Å²) >= 11 is 3.26. The highest BCUT2D eigenvalue weighted by Crippen LogP contribution is 2.35. The van der Waals surface area contributed by atoms with Gasteiger partial charge in [-0.05, 0) is 41.4 Å². The molecule has 0 fully saturated rings. The summed E-state index contributed by atoms with van der Waals surface area (Å²) < 4.78 is 7.59. The Morgan fingerprint density at radius 1 is 1.33 bits per heavy atom. The number of rotatable bonds is 3. The third-order valence-electron chi connectivity index (χ3n) is 3.94. The largest absolute Gasteiger partial charge is 0.496 e. The number of nitrogen functional groups attached to an aromatic ring is 1. The number of nitrogens with two attached hydrogens (primary N) is 2. The molecular formula is C16H16BrN5O2. The lowest BCUT2D eigenvalue weighted by atomic mass is 10.1. The number of aryl methyl sites for hydroxylation is 1. The Labute approximate surface area is 146 Å². The molecule has 1 amide bonds. The van der Waals surface area contributed by atoms with E-state index < -0.39 is 5.91 Å². The first-order chi connectivity index (χ1) is 11.4. The lowest BCUT2D eigenvalue weighted by Crippen LogP contribution is -2.14. The summed E-state index contributed by atoms with van der Waals surface area (Å²) in [4.78, 5) is 20.6. The summed E-state index contributed by atoms with van der Waals surface area (Å²) in [6, 6.07) is 3.80. The lowest BCUT2D eigenvalue weighted by Gasteiger charge is -2.16. The first-order valence-corrected chi connectivity index (χ1v) is 7.93. The third-order valence-corrected chi connectivity index (χ3v) is 4.32. The average Bonchev–Trinajstić information content (AvgIpc) is 2.79. The van der Waals surface area contributed by atoms with Gasteiger partial charge >= 0.3 is 0 Å². The van der Waals surface area contributed by atoms with Crippen LogP contribution in [0.3, 0.4) is 0 Å². The van der Waals surface area contributed by atoms with E-state index in [-0.39, 0.29) is 11.4 Å². The fraction of sp³-hybridized carbons (Fsp3) is 0.188. The SMILES string of the molecule is COc1ccc(C)c(-n2c(N)c(C(N)=O)c3nc(Br)cnc32)c1C. The predicted octanol–water partition coefficient (Wildman–Crippen LogP) is 2.49. The molecule has 0 bridgehead atoms. The minimum absolute atomic E-state index is 0.153. The van der Waals surface area contributed by atoms with Crippen LogP contribution < -0.4 is 16.2 Å². The van der Waals surface area contributed by atoms with E-state index in [0.717, 1.165) is 16.8 Å². The van der Waals surface area contributed by atoms with Gasteiger partial charge in [0.15, 0.2) is 5.65 Å². The second-order valence-corrected chi connectivity index (χ2v) is 6.20. The van der Waals surface area contributed by atoms with Gasteiger partial charge in [-0.2, -0.15) is 0 Å². The van der Waals surface area contributed by atoms with E-state index in [1.807, 2.05) is 26.0 Å². The molecule has 4 N–H and O–H groups in total. The van der Waals surface area contributed by atoms with Gasteiger partial charge in [-0.15, -0.1) is 0 Å². The zero-order valence-corrected chi connectivity index (χ0v) is 15.0. The molecule has 3 aromatic rings. The van der Waals surface area contributed by atoms with Gasteiger partial charge in [-0.1, -0.05) is 6.07 Å². The van der Waals surface area contributed by atoms with Crippen LogP contribution in [-0.4, -0.2) is 27.6 Å². The first-order valence-electron chi connectivity index (χ1n) is 7.13. The smallest absolute Gasteiger partial charge is 0.254 e. The molecule has 0 aliphatic rings. The summed E-state index contributed by atoms with van der Waals surface area (Å²) in [6.45, 7) is 3.87. The molecule has 7 nitrogen and oxygen atoms in total. The second-order valence-electron chi connectivity index (χ2n) is 5.38. The Kier molecular flexibility index (Phi) is 3.92. The number of aromatic nitrogens is 3. The summed E-state index contributed by atoms with van der Waals surface area (Å²) in [5.74, 6) is 0.263. The molecule has 0 unspecified atom stereocenters. The van der Waals surface area contributed by atoms with Crippen LogP contribution in [0.1, 0.15) is 21.5 Å². The maximum absolute atomic E-state index is 11.9. The molecule has 2 heterocycles. The number of ether oxygens (including phenoxy) is 1. The Bertz CT molecular complexity index is 980. The highest BCUT2D eigenvalue weighted by atomic mass is 79.9. The van der Waals surface area contributed by atoms with E-state index in [0.29, 0.717) is 21.5 Å². The third kappa shape index (κ3) is 2.30. The number of halogens is 1. The number of amides is 1. The molecule has 0 atom stereocenters. The highest BCUT2D eigenvalue weighted by Gasteiger charge is 2.24. The Hall–Kier alpha value is -2.61. The van der Waals surface area contributed by atoms with Gasteiger partial charge < -0.3 is 16.2 Å². The molecule has 0 aliphatic heterocycles. The van der Waals surface area contributed by atoms with Crippen molar-refractivity contribution < 1.29 is 9.53 Å². The Morgan fingerprint density at radius 2 is 2.04 bits per heavy atom. The molecule has 0 saturated carbocycles. The van der Waals surface area contributed by atoms with Crippen molar-refractivity contribution in [3.8, 4) is 11.4 Å². The number of hydrogen-bond donors (Lipinski definition) is 2. The summed E-state index contributed by atoms with van der Waals surface area (Å²) in [7, 11) is 1.60. The monoisotopic (exact) mass is 389 g/mol. The normalized spacial score (nSPS) is 11.0. The van der Waals surface area contributed by atoms with Crippen molar-refractivity contribution in [3.63, 3.8) is 0 Å². The maximum atomic E-state index is 11.9. The van der Waals surface area contributed by atoms with Gasteiger partial charge in [0, 0.05) is 5.56 Å². The number of anilines is 1. The molecule has 0 radical (unpaired) electrons. The molecule has 2 aromatic heterocycles. The molecule has 24 heavy (non-hydrogen) atoms. The van der Waals surface area contributed by atoms with Crippen molar-refractivity contribution >= 4 is 38.8 Å². The molecule has 124 valence electrons. The Balaban J connectivity index is 2.49. The minimum Gasteiger partial charge on any atom is -0.496 e. The van der Waals surface area contributed by atoms with Crippen LogP contribution >= 0.6 is 15.9 Å². The zero-order chi connectivity index (χ0) is 17.6. The topological polar surface area (TPSA) is 109 Å². The summed E-state index contributed by atoms with van der Waals surface area (Å²) in [5.41, 5.74) is 15.4. The molecule has 8 heteroatoms. The predicted molar refractivity (Wildman–Crippen MR) is 95.5 cm³/mol. The zero-order valence-electron chi connectivity index (χ0n) is 13.4. The van der Waals surface area contributed by atoms with Gasteiger partial charge in [0.25, 0.3) is 5.91 Å². The summed E-state index contributed by atoms with van der Waals surface area (Å²) in [5, 5.41) is 0. The van der Waals surface area contributed by atoms with Gasteiger partial charge in [0.05, 0.1) is 19.0 Å². The van der Waals surface area contributed by atoms with E-state index >= 15 is 0 Å². The van der Waals surface area contributed by atoms with Gasteiger partial charge in [0.2, 0.25) is 0 Å². The second kappa shape index (κ2) is 5.79. The Morgan fingerprint density at radius 3 is 2.67 bits per heavy atom. The first kappa shape index (κ1) is 16.3. The van der Waals surface area contributed by atoms with Gasteiger partial charge in [-0.25, -0.2) is 9.97 Å². The quantitative estimate of drug-likeness (QED) is 0.714. The van der Waals surface area contributed by atoms with Crippen LogP contribution in [-0.2, 0) is 0 Å². The van der Waals surface area contributed by atoms with Crippen molar-refractivity contribution in [3.05, 3.63) is 39.6 Å². The fourth-order valence-corrected chi connectivity index (χ4v) is 3.17. The van der Waals surface area contributed by atoms with Gasteiger partial charge in [-0.3, -0.25) is 9.36 Å². The number of carbonyl (C=O) groups is 1. The molecule has 3 rings (SSSR count). The van der Waals surface area contributed by atoms with E-state index in [9.17, 15) is 4.79 Å².